The number of rotatable bonds is 3. The summed E-state index contributed by atoms with van der Waals surface area (Å²) < 4.78 is 4.74. The molecule has 7 heavy (non-hydrogen) atoms. The highest BCUT2D eigenvalue weighted by Crippen LogP contribution is 1.85. The minimum atomic E-state index is 0.144. The van der Waals surface area contributed by atoms with E-state index in [1.165, 1.54) is 0 Å². The van der Waals surface area contributed by atoms with Gasteiger partial charge in [0.2, 0.25) is 0 Å². The van der Waals surface area contributed by atoms with Gasteiger partial charge in [0.25, 0.3) is 0 Å². The van der Waals surface area contributed by atoms with E-state index in [1.54, 1.807) is 7.11 Å². The lowest BCUT2D eigenvalue weighted by atomic mass is 10.4. The van der Waals surface area contributed by atoms with Gasteiger partial charge in [-0.15, -0.1) is 0 Å². The predicted octanol–water partition coefficient (Wildman–Crippen LogP) is 0.355. The van der Waals surface area contributed by atoms with Crippen LogP contribution in [0.4, 0.5) is 0 Å². The molecule has 0 saturated heterocycles. The van der Waals surface area contributed by atoms with Crippen LogP contribution in [0.25, 0.3) is 0 Å². The zero-order valence-corrected chi connectivity index (χ0v) is 5.94. The first-order chi connectivity index (χ1) is 3.31. The second-order valence-corrected chi connectivity index (χ2v) is 2.02. The van der Waals surface area contributed by atoms with Crippen LogP contribution in [0.15, 0.2) is 0 Å². The first kappa shape index (κ1) is 7.40. The molecule has 1 atom stereocenters. The third kappa shape index (κ3) is 4.25. The minimum absolute atomic E-state index is 0.144. The van der Waals surface area contributed by atoms with E-state index in [0.717, 1.165) is 5.33 Å². The van der Waals surface area contributed by atoms with Crippen molar-refractivity contribution in [3.8, 4) is 0 Å². The lowest BCUT2D eigenvalue weighted by molar-refractivity contribution is 0.187. The highest BCUT2D eigenvalue weighted by atomic mass is 79.9. The van der Waals surface area contributed by atoms with Crippen LogP contribution in [0.1, 0.15) is 0 Å². The predicted molar refractivity (Wildman–Crippen MR) is 33.6 cm³/mol. The standard InChI is InChI=1S/C4H10BrNO/c1-7-3-4(6)2-5/h4H,2-3,6H2,1H3. The zero-order valence-electron chi connectivity index (χ0n) is 4.36. The summed E-state index contributed by atoms with van der Waals surface area (Å²) in [5.41, 5.74) is 5.41. The van der Waals surface area contributed by atoms with Crippen LogP contribution < -0.4 is 5.73 Å². The summed E-state index contributed by atoms with van der Waals surface area (Å²) in [4.78, 5) is 0. The number of methoxy groups -OCH3 is 1. The van der Waals surface area contributed by atoms with Gasteiger partial charge in [-0.05, 0) is 0 Å². The Hall–Kier alpha value is 0.400. The Labute approximate surface area is 52.2 Å². The molecule has 2 nitrogen and oxygen atoms in total. The number of nitrogens with two attached hydrogens (primary N) is 1. The maximum Gasteiger partial charge on any atom is 0.0621 e. The van der Waals surface area contributed by atoms with Gasteiger partial charge >= 0.3 is 0 Å². The summed E-state index contributed by atoms with van der Waals surface area (Å²) in [5.74, 6) is 0. The molecule has 0 aliphatic heterocycles. The fraction of sp³-hybridized carbons (Fsp3) is 1.00. The molecule has 3 heteroatoms. The van der Waals surface area contributed by atoms with Crippen molar-refractivity contribution in [3.63, 3.8) is 0 Å². The summed E-state index contributed by atoms with van der Waals surface area (Å²) in [5, 5.41) is 0.806. The van der Waals surface area contributed by atoms with Gasteiger partial charge < -0.3 is 10.5 Å². The van der Waals surface area contributed by atoms with Gasteiger partial charge in [-0.3, -0.25) is 0 Å². The smallest absolute Gasteiger partial charge is 0.0621 e. The highest BCUT2D eigenvalue weighted by Gasteiger charge is 1.94. The van der Waals surface area contributed by atoms with Gasteiger partial charge in [0, 0.05) is 18.5 Å². The maximum atomic E-state index is 5.41. The van der Waals surface area contributed by atoms with Gasteiger partial charge in [0.05, 0.1) is 6.61 Å². The molecule has 0 saturated carbocycles. The molecule has 1 unspecified atom stereocenters. The number of hydrogen-bond acceptors (Lipinski definition) is 2. The molecule has 0 aliphatic rings. The Balaban J connectivity index is 2.83. The minimum Gasteiger partial charge on any atom is -0.383 e. The fourth-order valence-electron chi connectivity index (χ4n) is 0.259. The molecule has 2 N–H and O–H groups in total. The summed E-state index contributed by atoms with van der Waals surface area (Å²) in [6.45, 7) is 0.630. The quantitative estimate of drug-likeness (QED) is 0.617. The van der Waals surface area contributed by atoms with Gasteiger partial charge in [-0.2, -0.15) is 0 Å². The molecule has 0 heterocycles. The lowest BCUT2D eigenvalue weighted by Crippen LogP contribution is -2.26. The van der Waals surface area contributed by atoms with Crippen LogP contribution in [-0.4, -0.2) is 25.1 Å². The Bertz CT molecular complexity index is 42.7. The maximum absolute atomic E-state index is 5.41. The molecular formula is C4H10BrNO. The van der Waals surface area contributed by atoms with Crippen molar-refractivity contribution in [2.24, 2.45) is 5.73 Å². The Kier molecular flexibility index (Phi) is 4.82. The van der Waals surface area contributed by atoms with Crippen molar-refractivity contribution < 1.29 is 4.74 Å². The van der Waals surface area contributed by atoms with E-state index in [0.29, 0.717) is 6.61 Å². The van der Waals surface area contributed by atoms with Crippen molar-refractivity contribution >= 4 is 15.9 Å². The first-order valence-electron chi connectivity index (χ1n) is 2.11. The second kappa shape index (κ2) is 4.56. The van der Waals surface area contributed by atoms with Crippen LogP contribution in [0.2, 0.25) is 0 Å². The Morgan fingerprint density at radius 1 is 1.86 bits per heavy atom. The molecule has 0 fully saturated rings. The lowest BCUT2D eigenvalue weighted by Gasteiger charge is -2.02. The van der Waals surface area contributed by atoms with Crippen LogP contribution in [0, 0.1) is 0 Å². The van der Waals surface area contributed by atoms with E-state index in [1.807, 2.05) is 0 Å². The SMILES string of the molecule is COCC(N)CBr. The average molecular weight is 168 g/mol. The molecule has 0 rings (SSSR count). The molecule has 0 aromatic carbocycles. The average Bonchev–Trinajstić information content (AvgIpc) is 1.68. The first-order valence-corrected chi connectivity index (χ1v) is 3.24. The van der Waals surface area contributed by atoms with Crippen molar-refractivity contribution in [1.82, 2.24) is 0 Å². The van der Waals surface area contributed by atoms with Gasteiger partial charge in [-0.1, -0.05) is 15.9 Å². The zero-order chi connectivity index (χ0) is 5.70. The number of ether oxygens (including phenoxy) is 1. The third-order valence-electron chi connectivity index (χ3n) is 0.579. The number of halogens is 1. The molecule has 0 bridgehead atoms. The van der Waals surface area contributed by atoms with Crippen LogP contribution in [0.5, 0.6) is 0 Å². The number of hydrogen-bond donors (Lipinski definition) is 1. The normalized spacial score (nSPS) is 14.1. The summed E-state index contributed by atoms with van der Waals surface area (Å²) in [7, 11) is 1.64. The van der Waals surface area contributed by atoms with E-state index in [4.69, 9.17) is 10.5 Å². The topological polar surface area (TPSA) is 35.2 Å². The molecule has 0 amide bonds. The Morgan fingerprint density at radius 2 is 2.43 bits per heavy atom. The van der Waals surface area contributed by atoms with E-state index >= 15 is 0 Å². The van der Waals surface area contributed by atoms with E-state index in [-0.39, 0.29) is 6.04 Å². The van der Waals surface area contributed by atoms with Crippen LogP contribution in [0.3, 0.4) is 0 Å². The largest absolute Gasteiger partial charge is 0.383 e. The number of alkyl halides is 1. The van der Waals surface area contributed by atoms with Crippen molar-refractivity contribution in [1.29, 1.82) is 0 Å². The molecule has 0 spiro atoms. The second-order valence-electron chi connectivity index (χ2n) is 1.37. The van der Waals surface area contributed by atoms with E-state index in [2.05, 4.69) is 15.9 Å². The van der Waals surface area contributed by atoms with Gasteiger partial charge in [0.15, 0.2) is 0 Å². The van der Waals surface area contributed by atoms with Gasteiger partial charge in [-0.25, -0.2) is 0 Å². The molecule has 0 aliphatic carbocycles. The monoisotopic (exact) mass is 167 g/mol. The van der Waals surface area contributed by atoms with Crippen molar-refractivity contribution in [2.75, 3.05) is 19.0 Å². The molecular weight excluding hydrogens is 158 g/mol. The summed E-state index contributed by atoms with van der Waals surface area (Å²) in [6.07, 6.45) is 0. The van der Waals surface area contributed by atoms with Crippen molar-refractivity contribution in [3.05, 3.63) is 0 Å². The van der Waals surface area contributed by atoms with Gasteiger partial charge in [0.1, 0.15) is 0 Å². The summed E-state index contributed by atoms with van der Waals surface area (Å²) in [6, 6.07) is 0.144. The Morgan fingerprint density at radius 3 is 2.57 bits per heavy atom. The van der Waals surface area contributed by atoms with Crippen molar-refractivity contribution in [2.45, 2.75) is 6.04 Å². The third-order valence-corrected chi connectivity index (χ3v) is 1.41. The summed E-state index contributed by atoms with van der Waals surface area (Å²) >= 11 is 3.21. The van der Waals surface area contributed by atoms with Crippen LogP contribution >= 0.6 is 15.9 Å². The molecule has 0 radical (unpaired) electrons. The van der Waals surface area contributed by atoms with Crippen LogP contribution in [-0.2, 0) is 4.74 Å². The van der Waals surface area contributed by atoms with E-state index < -0.39 is 0 Å². The molecule has 0 aromatic rings. The van der Waals surface area contributed by atoms with E-state index in [9.17, 15) is 0 Å². The highest BCUT2D eigenvalue weighted by molar-refractivity contribution is 9.09. The molecule has 0 aromatic heterocycles. The molecule has 44 valence electrons. The fourth-order valence-corrected chi connectivity index (χ4v) is 0.446.